The summed E-state index contributed by atoms with van der Waals surface area (Å²) in [6.07, 6.45) is 3.04. The fourth-order valence-electron chi connectivity index (χ4n) is 2.08. The molecule has 0 aromatic heterocycles. The average Bonchev–Trinajstić information content (AvgIpc) is 2.54. The smallest absolute Gasteiger partial charge is 0.235 e. The first-order valence-corrected chi connectivity index (χ1v) is 8.70. The molecule has 0 fully saturated rings. The van der Waals surface area contributed by atoms with Crippen LogP contribution in [0.15, 0.2) is 24.8 Å². The molecule has 0 spiro atoms. The zero-order valence-corrected chi connectivity index (χ0v) is 16.2. The summed E-state index contributed by atoms with van der Waals surface area (Å²) in [6.45, 7) is 13.2. The van der Waals surface area contributed by atoms with E-state index in [4.69, 9.17) is 7.85 Å². The molecule has 0 aliphatic heterocycles. The number of thiol groups is 1. The van der Waals surface area contributed by atoms with Crippen LogP contribution < -0.4 is 5.32 Å². The second-order valence-corrected chi connectivity index (χ2v) is 6.90. The Morgan fingerprint density at radius 3 is 2.38 bits per heavy atom. The number of benzene rings is 1. The molecule has 1 amide bonds. The molecule has 1 rings (SSSR count). The highest BCUT2D eigenvalue weighted by molar-refractivity contribution is 7.82. The molecule has 1 unspecified atom stereocenters. The molecule has 0 saturated heterocycles. The van der Waals surface area contributed by atoms with E-state index in [0.717, 1.165) is 17.5 Å². The monoisotopic (exact) mass is 345 g/mol. The Morgan fingerprint density at radius 2 is 1.96 bits per heavy atom. The van der Waals surface area contributed by atoms with Gasteiger partial charge in [0.15, 0.2) is 7.85 Å². The first-order chi connectivity index (χ1) is 11.2. The number of hydrogen-bond donors (Lipinski definition) is 2. The summed E-state index contributed by atoms with van der Waals surface area (Å²) in [7, 11) is 5.40. The SMILES string of the molecule is CC.[B]C(=O)C(Cc1ccc(CC)c(C=C)c1)NC(=O)C(C)(C)S. The molecule has 24 heavy (non-hydrogen) atoms. The summed E-state index contributed by atoms with van der Waals surface area (Å²) in [6, 6.07) is 5.16. The molecule has 0 heterocycles. The maximum atomic E-state index is 12.0. The van der Waals surface area contributed by atoms with Gasteiger partial charge in [-0.1, -0.05) is 51.6 Å². The van der Waals surface area contributed by atoms with Crippen molar-refractivity contribution in [1.82, 2.24) is 5.32 Å². The lowest BCUT2D eigenvalue weighted by molar-refractivity contribution is -0.126. The van der Waals surface area contributed by atoms with Crippen LogP contribution in [-0.4, -0.2) is 30.2 Å². The number of aryl methyl sites for hydroxylation is 1. The third-order valence-corrected chi connectivity index (χ3v) is 3.66. The van der Waals surface area contributed by atoms with E-state index < -0.39 is 16.5 Å². The zero-order valence-electron chi connectivity index (χ0n) is 15.3. The van der Waals surface area contributed by atoms with E-state index in [1.807, 2.05) is 32.0 Å². The molecular weight excluding hydrogens is 317 g/mol. The molecule has 1 aromatic carbocycles. The van der Waals surface area contributed by atoms with Gasteiger partial charge in [-0.15, -0.1) is 0 Å². The molecule has 3 nitrogen and oxygen atoms in total. The number of rotatable bonds is 7. The van der Waals surface area contributed by atoms with Crippen LogP contribution in [0.2, 0.25) is 0 Å². The summed E-state index contributed by atoms with van der Waals surface area (Å²) in [5.41, 5.74) is 2.58. The summed E-state index contributed by atoms with van der Waals surface area (Å²) >= 11 is 4.20. The number of hydrogen-bond acceptors (Lipinski definition) is 3. The predicted octanol–water partition coefficient (Wildman–Crippen LogP) is 3.35. The highest BCUT2D eigenvalue weighted by Gasteiger charge is 2.26. The third-order valence-electron chi connectivity index (χ3n) is 3.46. The summed E-state index contributed by atoms with van der Waals surface area (Å²) in [5.74, 6) is -0.325. The standard InChI is InChI=1S/C17H22BNO2S.C2H6/c1-5-12-8-7-11(9-13(12)6-2)10-14(15(18)20)19-16(21)17(3,4)22;1-2/h6-9,14,22H,2,5,10H2,1,3-4H3,(H,19,21);1-2H3. The molecular formula is C19H28BNO2S. The topological polar surface area (TPSA) is 46.2 Å². The van der Waals surface area contributed by atoms with Crippen molar-refractivity contribution in [2.75, 3.05) is 0 Å². The van der Waals surface area contributed by atoms with Crippen molar-refractivity contribution in [1.29, 1.82) is 0 Å². The first-order valence-electron chi connectivity index (χ1n) is 8.26. The van der Waals surface area contributed by atoms with Crippen molar-refractivity contribution >= 4 is 38.1 Å². The first kappa shape index (κ1) is 22.5. The second-order valence-electron chi connectivity index (χ2n) is 5.78. The third kappa shape index (κ3) is 6.96. The average molecular weight is 345 g/mol. The fraction of sp³-hybridized carbons (Fsp3) is 0.474. The predicted molar refractivity (Wildman–Crippen MR) is 107 cm³/mol. The Labute approximate surface area is 153 Å². The van der Waals surface area contributed by atoms with E-state index in [-0.39, 0.29) is 5.91 Å². The van der Waals surface area contributed by atoms with Crippen LogP contribution >= 0.6 is 12.6 Å². The molecule has 5 heteroatoms. The van der Waals surface area contributed by atoms with E-state index in [0.29, 0.717) is 6.42 Å². The molecule has 1 N–H and O–H groups in total. The highest BCUT2D eigenvalue weighted by Crippen LogP contribution is 2.17. The van der Waals surface area contributed by atoms with Gasteiger partial charge in [0.05, 0.1) is 16.5 Å². The van der Waals surface area contributed by atoms with Crippen LogP contribution in [-0.2, 0) is 22.4 Å². The molecule has 0 bridgehead atoms. The van der Waals surface area contributed by atoms with Crippen LogP contribution in [0.5, 0.6) is 0 Å². The van der Waals surface area contributed by atoms with Crippen molar-refractivity contribution in [2.45, 2.75) is 58.2 Å². The molecule has 130 valence electrons. The Bertz CT molecular complexity index is 579. The Kier molecular flexibility index (Phi) is 9.75. The van der Waals surface area contributed by atoms with Gasteiger partial charge in [0.25, 0.3) is 0 Å². The summed E-state index contributed by atoms with van der Waals surface area (Å²) < 4.78 is -0.869. The fourth-order valence-corrected chi connectivity index (χ4v) is 2.14. The number of carbonyl (C=O) groups excluding carboxylic acids is 2. The maximum absolute atomic E-state index is 12.0. The minimum atomic E-state index is -0.869. The van der Waals surface area contributed by atoms with Crippen LogP contribution in [0.4, 0.5) is 0 Å². The number of carbonyl (C=O) groups is 2. The van der Waals surface area contributed by atoms with Gasteiger partial charge in [0, 0.05) is 0 Å². The van der Waals surface area contributed by atoms with Crippen molar-refractivity contribution in [3.05, 3.63) is 41.5 Å². The van der Waals surface area contributed by atoms with E-state index in [9.17, 15) is 9.59 Å². The van der Waals surface area contributed by atoms with Crippen LogP contribution in [0.3, 0.4) is 0 Å². The Hall–Kier alpha value is -1.49. The quantitative estimate of drug-likeness (QED) is 0.588. The van der Waals surface area contributed by atoms with Crippen LogP contribution in [0.25, 0.3) is 6.08 Å². The van der Waals surface area contributed by atoms with Gasteiger partial charge in [-0.2, -0.15) is 12.6 Å². The molecule has 0 aliphatic rings. The molecule has 2 radical (unpaired) electrons. The van der Waals surface area contributed by atoms with E-state index in [2.05, 4.69) is 31.4 Å². The second kappa shape index (κ2) is 10.4. The number of amides is 1. The van der Waals surface area contributed by atoms with Gasteiger partial charge < -0.3 is 10.1 Å². The summed E-state index contributed by atoms with van der Waals surface area (Å²) in [5, 5.41) is 2.66. The molecule has 1 aromatic rings. The normalized spacial score (nSPS) is 11.8. The summed E-state index contributed by atoms with van der Waals surface area (Å²) in [4.78, 5) is 23.6. The van der Waals surface area contributed by atoms with Crippen molar-refractivity contribution in [3.63, 3.8) is 0 Å². The van der Waals surface area contributed by atoms with Gasteiger partial charge in [0.1, 0.15) is 0 Å². The van der Waals surface area contributed by atoms with Crippen molar-refractivity contribution in [3.8, 4) is 0 Å². The minimum absolute atomic E-state index is 0.325. The minimum Gasteiger partial charge on any atom is -0.346 e. The van der Waals surface area contributed by atoms with Gasteiger partial charge in [-0.05, 0) is 43.4 Å². The van der Waals surface area contributed by atoms with Gasteiger partial charge in [-0.25, -0.2) is 0 Å². The van der Waals surface area contributed by atoms with E-state index >= 15 is 0 Å². The van der Waals surface area contributed by atoms with Gasteiger partial charge in [-0.3, -0.25) is 4.79 Å². The Morgan fingerprint density at radius 1 is 1.38 bits per heavy atom. The van der Waals surface area contributed by atoms with Crippen LogP contribution in [0.1, 0.15) is 51.3 Å². The van der Waals surface area contributed by atoms with Crippen molar-refractivity contribution in [2.24, 2.45) is 0 Å². The highest BCUT2D eigenvalue weighted by atomic mass is 32.1. The molecule has 1 atom stereocenters. The lowest BCUT2D eigenvalue weighted by Gasteiger charge is -2.23. The van der Waals surface area contributed by atoms with E-state index in [1.165, 1.54) is 5.56 Å². The molecule has 0 aliphatic carbocycles. The van der Waals surface area contributed by atoms with E-state index in [1.54, 1.807) is 19.9 Å². The van der Waals surface area contributed by atoms with Gasteiger partial charge in [0.2, 0.25) is 5.91 Å². The Balaban J connectivity index is 0.00000254. The molecule has 0 saturated carbocycles. The zero-order chi connectivity index (χ0) is 18.9. The van der Waals surface area contributed by atoms with Gasteiger partial charge >= 0.3 is 0 Å². The lowest BCUT2D eigenvalue weighted by atomic mass is 9.89. The maximum Gasteiger partial charge on any atom is 0.235 e. The van der Waals surface area contributed by atoms with Crippen molar-refractivity contribution < 1.29 is 9.59 Å². The largest absolute Gasteiger partial charge is 0.346 e. The van der Waals surface area contributed by atoms with Crippen LogP contribution in [0, 0.1) is 0 Å². The lowest BCUT2D eigenvalue weighted by Crippen LogP contribution is -2.48. The number of nitrogens with one attached hydrogen (secondary N) is 1.